The molecule has 5 nitrogen and oxygen atoms in total. The summed E-state index contributed by atoms with van der Waals surface area (Å²) < 4.78 is 22.4. The lowest BCUT2D eigenvalue weighted by atomic mass is 10.3. The molecule has 0 aromatic heterocycles. The highest BCUT2D eigenvalue weighted by molar-refractivity contribution is 7.90. The van der Waals surface area contributed by atoms with E-state index in [1.807, 2.05) is 0 Å². The number of nitrogens with one attached hydrogen (secondary N) is 1. The predicted molar refractivity (Wildman–Crippen MR) is 64.5 cm³/mol. The van der Waals surface area contributed by atoms with Gasteiger partial charge in [-0.25, -0.2) is 8.42 Å². The maximum atomic E-state index is 11.3. The van der Waals surface area contributed by atoms with Crippen LogP contribution in [0.3, 0.4) is 0 Å². The number of amides is 1. The Kier molecular flexibility index (Phi) is 4.65. The topological polar surface area (TPSA) is 83.5 Å². The quantitative estimate of drug-likeness (QED) is 0.817. The molecule has 1 amide bonds. The van der Waals surface area contributed by atoms with Gasteiger partial charge < -0.3 is 10.4 Å². The number of carbonyl (C=O) groups excluding carboxylic acids is 1. The first-order chi connectivity index (χ1) is 7.93. The van der Waals surface area contributed by atoms with Crippen LogP contribution in [0.4, 0.5) is 5.69 Å². The number of sulfone groups is 1. The van der Waals surface area contributed by atoms with Crippen molar-refractivity contribution in [3.63, 3.8) is 0 Å². The second-order valence-electron chi connectivity index (χ2n) is 3.67. The molecule has 1 aromatic rings. The van der Waals surface area contributed by atoms with Crippen LogP contribution in [-0.2, 0) is 14.6 Å². The van der Waals surface area contributed by atoms with E-state index in [0.29, 0.717) is 12.1 Å². The molecule has 6 heteroatoms. The lowest BCUT2D eigenvalue weighted by Crippen LogP contribution is -2.11. The van der Waals surface area contributed by atoms with Gasteiger partial charge in [0.1, 0.15) is 0 Å². The van der Waals surface area contributed by atoms with Crippen LogP contribution >= 0.6 is 0 Å². The number of benzene rings is 1. The lowest BCUT2D eigenvalue weighted by molar-refractivity contribution is -0.116. The molecule has 0 atom stereocenters. The normalized spacial score (nSPS) is 11.2. The van der Waals surface area contributed by atoms with E-state index in [0.717, 1.165) is 6.26 Å². The Morgan fingerprint density at radius 1 is 1.29 bits per heavy atom. The molecule has 0 bridgehead atoms. The van der Waals surface area contributed by atoms with Crippen LogP contribution in [0.15, 0.2) is 29.2 Å². The van der Waals surface area contributed by atoms with Crippen molar-refractivity contribution >= 4 is 21.4 Å². The van der Waals surface area contributed by atoms with Gasteiger partial charge in [0.25, 0.3) is 0 Å². The Balaban J connectivity index is 2.66. The van der Waals surface area contributed by atoms with Gasteiger partial charge in [-0.3, -0.25) is 4.79 Å². The van der Waals surface area contributed by atoms with Crippen molar-refractivity contribution in [1.29, 1.82) is 0 Å². The molecule has 1 rings (SSSR count). The molecule has 2 N–H and O–H groups in total. The third-order valence-electron chi connectivity index (χ3n) is 2.13. The molecule has 0 unspecified atom stereocenters. The van der Waals surface area contributed by atoms with Gasteiger partial charge in [-0.2, -0.15) is 0 Å². The van der Waals surface area contributed by atoms with Gasteiger partial charge in [-0.15, -0.1) is 0 Å². The summed E-state index contributed by atoms with van der Waals surface area (Å²) >= 11 is 0. The largest absolute Gasteiger partial charge is 0.396 e. The van der Waals surface area contributed by atoms with Gasteiger partial charge in [0, 0.05) is 25.0 Å². The van der Waals surface area contributed by atoms with E-state index in [-0.39, 0.29) is 23.8 Å². The molecule has 0 fully saturated rings. The highest BCUT2D eigenvalue weighted by atomic mass is 32.2. The van der Waals surface area contributed by atoms with E-state index >= 15 is 0 Å². The molecule has 0 aliphatic heterocycles. The zero-order chi connectivity index (χ0) is 12.9. The van der Waals surface area contributed by atoms with Crippen LogP contribution in [0, 0.1) is 0 Å². The van der Waals surface area contributed by atoms with Crippen LogP contribution in [0.1, 0.15) is 12.8 Å². The van der Waals surface area contributed by atoms with E-state index in [2.05, 4.69) is 5.32 Å². The molecule has 17 heavy (non-hydrogen) atoms. The fourth-order valence-electron chi connectivity index (χ4n) is 1.25. The number of carbonyl (C=O) groups is 1. The van der Waals surface area contributed by atoms with E-state index in [9.17, 15) is 13.2 Å². The van der Waals surface area contributed by atoms with E-state index in [1.165, 1.54) is 24.3 Å². The summed E-state index contributed by atoms with van der Waals surface area (Å²) in [6.07, 6.45) is 1.78. The third kappa shape index (κ3) is 4.54. The molecule has 0 radical (unpaired) electrons. The summed E-state index contributed by atoms with van der Waals surface area (Å²) in [6, 6.07) is 5.95. The average Bonchev–Trinajstić information content (AvgIpc) is 2.26. The Hall–Kier alpha value is -1.40. The van der Waals surface area contributed by atoms with Crippen LogP contribution in [0.5, 0.6) is 0 Å². The predicted octanol–water partition coefficient (Wildman–Crippen LogP) is 0.801. The first-order valence-corrected chi connectivity index (χ1v) is 7.03. The Morgan fingerprint density at radius 2 is 1.88 bits per heavy atom. The van der Waals surface area contributed by atoms with Crippen molar-refractivity contribution in [2.24, 2.45) is 0 Å². The van der Waals surface area contributed by atoms with Crippen molar-refractivity contribution in [3.05, 3.63) is 24.3 Å². The van der Waals surface area contributed by atoms with Crippen molar-refractivity contribution < 1.29 is 18.3 Å². The van der Waals surface area contributed by atoms with Gasteiger partial charge in [0.2, 0.25) is 5.91 Å². The van der Waals surface area contributed by atoms with E-state index < -0.39 is 9.84 Å². The zero-order valence-electron chi connectivity index (χ0n) is 9.51. The molecular formula is C11H15NO4S. The Morgan fingerprint density at radius 3 is 2.35 bits per heavy atom. The Bertz CT molecular complexity index is 479. The van der Waals surface area contributed by atoms with Gasteiger partial charge in [0.05, 0.1) is 4.90 Å². The smallest absolute Gasteiger partial charge is 0.224 e. The first-order valence-electron chi connectivity index (χ1n) is 5.14. The van der Waals surface area contributed by atoms with Crippen molar-refractivity contribution in [3.8, 4) is 0 Å². The van der Waals surface area contributed by atoms with E-state index in [1.54, 1.807) is 0 Å². The van der Waals surface area contributed by atoms with Crippen LogP contribution < -0.4 is 5.32 Å². The summed E-state index contributed by atoms with van der Waals surface area (Å²) in [4.78, 5) is 11.5. The second kappa shape index (κ2) is 5.79. The molecule has 0 aliphatic rings. The summed E-state index contributed by atoms with van der Waals surface area (Å²) in [7, 11) is -3.21. The molecule has 1 aromatic carbocycles. The Labute approximate surface area is 100 Å². The molecule has 0 saturated carbocycles. The number of aliphatic hydroxyl groups is 1. The van der Waals surface area contributed by atoms with Crippen LogP contribution in [-0.4, -0.2) is 32.3 Å². The maximum absolute atomic E-state index is 11.3. The van der Waals surface area contributed by atoms with Crippen LogP contribution in [0.25, 0.3) is 0 Å². The molecule has 0 aliphatic carbocycles. The molecule has 94 valence electrons. The summed E-state index contributed by atoms with van der Waals surface area (Å²) in [5.41, 5.74) is 0.542. The van der Waals surface area contributed by atoms with Crippen LogP contribution in [0.2, 0.25) is 0 Å². The fourth-order valence-corrected chi connectivity index (χ4v) is 1.88. The SMILES string of the molecule is CS(=O)(=O)c1ccc(NC(=O)CCCO)cc1. The number of anilines is 1. The minimum atomic E-state index is -3.21. The number of hydrogen-bond acceptors (Lipinski definition) is 4. The van der Waals surface area contributed by atoms with E-state index in [4.69, 9.17) is 5.11 Å². The highest BCUT2D eigenvalue weighted by Crippen LogP contribution is 2.14. The van der Waals surface area contributed by atoms with Gasteiger partial charge in [-0.1, -0.05) is 0 Å². The molecule has 0 heterocycles. The maximum Gasteiger partial charge on any atom is 0.224 e. The molecular weight excluding hydrogens is 242 g/mol. The fraction of sp³-hybridized carbons (Fsp3) is 0.364. The highest BCUT2D eigenvalue weighted by Gasteiger charge is 2.07. The number of rotatable bonds is 5. The average molecular weight is 257 g/mol. The molecule has 0 saturated heterocycles. The minimum absolute atomic E-state index is 0.0273. The number of aliphatic hydroxyl groups excluding tert-OH is 1. The van der Waals surface area contributed by atoms with Crippen molar-refractivity contribution in [2.45, 2.75) is 17.7 Å². The first kappa shape index (κ1) is 13.7. The standard InChI is InChI=1S/C11H15NO4S/c1-17(15,16)10-6-4-9(5-7-10)12-11(14)3-2-8-13/h4-7,13H,2-3,8H2,1H3,(H,12,14). The summed E-state index contributed by atoms with van der Waals surface area (Å²) in [5.74, 6) is -0.203. The monoisotopic (exact) mass is 257 g/mol. The summed E-state index contributed by atoms with van der Waals surface area (Å²) in [6.45, 7) is -0.0273. The third-order valence-corrected chi connectivity index (χ3v) is 3.26. The minimum Gasteiger partial charge on any atom is -0.396 e. The summed E-state index contributed by atoms with van der Waals surface area (Å²) in [5, 5.41) is 11.2. The van der Waals surface area contributed by atoms with Gasteiger partial charge in [-0.05, 0) is 30.7 Å². The van der Waals surface area contributed by atoms with Gasteiger partial charge in [0.15, 0.2) is 9.84 Å². The van der Waals surface area contributed by atoms with Crippen molar-refractivity contribution in [2.75, 3.05) is 18.2 Å². The second-order valence-corrected chi connectivity index (χ2v) is 5.69. The lowest BCUT2D eigenvalue weighted by Gasteiger charge is -2.05. The number of hydrogen-bond donors (Lipinski definition) is 2. The molecule has 0 spiro atoms. The zero-order valence-corrected chi connectivity index (χ0v) is 10.3. The van der Waals surface area contributed by atoms with Gasteiger partial charge >= 0.3 is 0 Å². The van der Waals surface area contributed by atoms with Crippen molar-refractivity contribution in [1.82, 2.24) is 0 Å².